The van der Waals surface area contributed by atoms with E-state index in [-0.39, 0.29) is 0 Å². The summed E-state index contributed by atoms with van der Waals surface area (Å²) >= 11 is 0. The minimum Gasteiger partial charge on any atom is -0.388 e. The van der Waals surface area contributed by atoms with Crippen molar-refractivity contribution in [3.8, 4) is 0 Å². The lowest BCUT2D eigenvalue weighted by molar-refractivity contribution is 0.189. The van der Waals surface area contributed by atoms with Crippen LogP contribution in [0.1, 0.15) is 30.4 Å². The second-order valence-corrected chi connectivity index (χ2v) is 6.99. The first-order valence-electron chi connectivity index (χ1n) is 8.76. The SMILES string of the molecule is Cc1c[nH]c2ncc(C(=N)/C=C(\NCC3CC3)C3CCOC3)cc12. The molecule has 0 radical (unpaired) electrons. The van der Waals surface area contributed by atoms with Gasteiger partial charge in [0.2, 0.25) is 0 Å². The zero-order chi connectivity index (χ0) is 16.5. The molecule has 1 unspecified atom stereocenters. The van der Waals surface area contributed by atoms with Gasteiger partial charge in [0.15, 0.2) is 0 Å². The zero-order valence-electron chi connectivity index (χ0n) is 14.1. The second kappa shape index (κ2) is 6.40. The van der Waals surface area contributed by atoms with E-state index in [9.17, 15) is 0 Å². The lowest BCUT2D eigenvalue weighted by Crippen LogP contribution is -2.24. The topological polar surface area (TPSA) is 73.8 Å². The molecule has 0 aromatic carbocycles. The number of hydrogen-bond donors (Lipinski definition) is 3. The highest BCUT2D eigenvalue weighted by atomic mass is 16.5. The lowest BCUT2D eigenvalue weighted by Gasteiger charge is -2.16. The number of nitrogens with one attached hydrogen (secondary N) is 3. The van der Waals surface area contributed by atoms with Crippen molar-refractivity contribution >= 4 is 16.7 Å². The molecule has 2 aliphatic rings. The van der Waals surface area contributed by atoms with Crippen LogP contribution in [-0.2, 0) is 4.74 Å². The first-order chi connectivity index (χ1) is 11.7. The molecule has 24 heavy (non-hydrogen) atoms. The van der Waals surface area contributed by atoms with Crippen molar-refractivity contribution in [2.45, 2.75) is 26.2 Å². The van der Waals surface area contributed by atoms with Crippen molar-refractivity contribution in [3.63, 3.8) is 0 Å². The molecule has 2 fully saturated rings. The molecule has 1 aliphatic heterocycles. The first kappa shape index (κ1) is 15.4. The largest absolute Gasteiger partial charge is 0.388 e. The minimum absolute atomic E-state index is 0.384. The van der Waals surface area contributed by atoms with Gasteiger partial charge in [-0.2, -0.15) is 0 Å². The Morgan fingerprint density at radius 3 is 3.08 bits per heavy atom. The number of pyridine rings is 1. The molecule has 1 aliphatic carbocycles. The monoisotopic (exact) mass is 324 g/mol. The minimum atomic E-state index is 0.384. The number of allylic oxidation sites excluding steroid dienone is 1. The van der Waals surface area contributed by atoms with Gasteiger partial charge < -0.3 is 20.4 Å². The fraction of sp³-hybridized carbons (Fsp3) is 0.474. The summed E-state index contributed by atoms with van der Waals surface area (Å²) in [5, 5.41) is 13.2. The number of rotatable bonds is 6. The van der Waals surface area contributed by atoms with E-state index >= 15 is 0 Å². The van der Waals surface area contributed by atoms with Gasteiger partial charge in [-0.15, -0.1) is 0 Å². The number of nitrogens with zero attached hydrogens (tertiary/aromatic N) is 1. The van der Waals surface area contributed by atoms with E-state index in [1.807, 2.05) is 12.3 Å². The van der Waals surface area contributed by atoms with Crippen LogP contribution in [0.2, 0.25) is 0 Å². The molecule has 1 saturated carbocycles. The van der Waals surface area contributed by atoms with E-state index in [2.05, 4.69) is 28.3 Å². The maximum atomic E-state index is 8.52. The van der Waals surface area contributed by atoms with E-state index in [0.29, 0.717) is 11.6 Å². The normalized spacial score (nSPS) is 21.4. The van der Waals surface area contributed by atoms with Crippen molar-refractivity contribution in [1.29, 1.82) is 5.41 Å². The van der Waals surface area contributed by atoms with Crippen LogP contribution in [-0.4, -0.2) is 35.4 Å². The van der Waals surface area contributed by atoms with Gasteiger partial charge in [-0.05, 0) is 49.8 Å². The average molecular weight is 324 g/mol. The highest BCUT2D eigenvalue weighted by Gasteiger charge is 2.25. The van der Waals surface area contributed by atoms with Crippen LogP contribution in [0.15, 0.2) is 30.2 Å². The molecule has 0 bridgehead atoms. The predicted molar refractivity (Wildman–Crippen MR) is 95.4 cm³/mol. The molecule has 126 valence electrons. The van der Waals surface area contributed by atoms with Gasteiger partial charge >= 0.3 is 0 Å². The Balaban J connectivity index is 1.58. The Morgan fingerprint density at radius 2 is 2.33 bits per heavy atom. The number of ether oxygens (including phenoxy) is 1. The van der Waals surface area contributed by atoms with Crippen molar-refractivity contribution in [1.82, 2.24) is 15.3 Å². The molecule has 4 rings (SSSR count). The number of fused-ring (bicyclic) bond motifs is 1. The predicted octanol–water partition coefficient (Wildman–Crippen LogP) is 3.16. The highest BCUT2D eigenvalue weighted by Crippen LogP contribution is 2.29. The number of H-pyrrole nitrogens is 1. The molecule has 2 aromatic rings. The summed E-state index contributed by atoms with van der Waals surface area (Å²) in [6.07, 6.45) is 9.40. The average Bonchev–Trinajstić information content (AvgIpc) is 3.11. The van der Waals surface area contributed by atoms with Gasteiger partial charge in [-0.1, -0.05) is 0 Å². The Labute approximate surface area is 142 Å². The van der Waals surface area contributed by atoms with E-state index < -0.39 is 0 Å². The van der Waals surface area contributed by atoms with Crippen LogP contribution in [0.25, 0.3) is 11.0 Å². The smallest absolute Gasteiger partial charge is 0.137 e. The molecule has 1 atom stereocenters. The fourth-order valence-corrected chi connectivity index (χ4v) is 3.20. The summed E-state index contributed by atoms with van der Waals surface area (Å²) < 4.78 is 5.54. The van der Waals surface area contributed by atoms with Gasteiger partial charge in [0.1, 0.15) is 5.65 Å². The Hall–Kier alpha value is -2.14. The van der Waals surface area contributed by atoms with E-state index in [4.69, 9.17) is 10.1 Å². The molecule has 5 heteroatoms. The van der Waals surface area contributed by atoms with Crippen molar-refractivity contribution in [3.05, 3.63) is 41.4 Å². The van der Waals surface area contributed by atoms with Crippen LogP contribution < -0.4 is 5.32 Å². The van der Waals surface area contributed by atoms with E-state index in [0.717, 1.165) is 60.0 Å². The number of aromatic nitrogens is 2. The van der Waals surface area contributed by atoms with Crippen LogP contribution in [0.3, 0.4) is 0 Å². The summed E-state index contributed by atoms with van der Waals surface area (Å²) in [7, 11) is 0. The van der Waals surface area contributed by atoms with Crippen molar-refractivity contribution < 1.29 is 4.74 Å². The summed E-state index contributed by atoms with van der Waals surface area (Å²) in [5.41, 5.74) is 4.55. The summed E-state index contributed by atoms with van der Waals surface area (Å²) in [5.74, 6) is 1.19. The summed E-state index contributed by atoms with van der Waals surface area (Å²) in [6, 6.07) is 2.05. The maximum absolute atomic E-state index is 8.52. The molecule has 3 N–H and O–H groups in total. The Bertz CT molecular complexity index is 782. The van der Waals surface area contributed by atoms with E-state index in [1.165, 1.54) is 12.8 Å². The molecule has 0 amide bonds. The van der Waals surface area contributed by atoms with Gasteiger partial charge in [0.05, 0.1) is 12.3 Å². The van der Waals surface area contributed by atoms with Gasteiger partial charge in [0, 0.05) is 48.1 Å². The van der Waals surface area contributed by atoms with Crippen LogP contribution in [0.4, 0.5) is 0 Å². The number of aryl methyl sites for hydroxylation is 1. The summed E-state index contributed by atoms with van der Waals surface area (Å²) in [6.45, 7) is 4.65. The third-order valence-electron chi connectivity index (χ3n) is 5.01. The third-order valence-corrected chi connectivity index (χ3v) is 5.01. The van der Waals surface area contributed by atoms with Gasteiger partial charge in [-0.3, -0.25) is 0 Å². The van der Waals surface area contributed by atoms with Crippen molar-refractivity contribution in [2.24, 2.45) is 11.8 Å². The standard InChI is InChI=1S/C19H24N4O/c1-12-8-22-19-16(12)6-15(10-23-19)17(20)7-18(14-4-5-24-11-14)21-9-13-2-3-13/h6-8,10,13-14,20-21H,2-5,9,11H2,1H3,(H,22,23)/b18-7-,20-17?. The first-order valence-corrected chi connectivity index (χ1v) is 8.76. The van der Waals surface area contributed by atoms with Crippen LogP contribution >= 0.6 is 0 Å². The van der Waals surface area contributed by atoms with E-state index in [1.54, 1.807) is 6.20 Å². The number of aromatic amines is 1. The lowest BCUT2D eigenvalue weighted by atomic mass is 10.0. The third kappa shape index (κ3) is 3.22. The second-order valence-electron chi connectivity index (χ2n) is 6.99. The fourth-order valence-electron chi connectivity index (χ4n) is 3.20. The molecule has 1 saturated heterocycles. The number of hydrogen-bond acceptors (Lipinski definition) is 4. The Kier molecular flexibility index (Phi) is 4.10. The molecule has 0 spiro atoms. The molecule has 5 nitrogen and oxygen atoms in total. The van der Waals surface area contributed by atoms with Gasteiger partial charge in [0.25, 0.3) is 0 Å². The quantitative estimate of drug-likeness (QED) is 0.715. The molecular weight excluding hydrogens is 300 g/mol. The molecular formula is C19H24N4O. The summed E-state index contributed by atoms with van der Waals surface area (Å²) in [4.78, 5) is 7.59. The van der Waals surface area contributed by atoms with Crippen molar-refractivity contribution in [2.75, 3.05) is 19.8 Å². The highest BCUT2D eigenvalue weighted by molar-refractivity contribution is 6.08. The van der Waals surface area contributed by atoms with Crippen LogP contribution in [0, 0.1) is 24.2 Å². The van der Waals surface area contributed by atoms with Gasteiger partial charge in [-0.25, -0.2) is 4.98 Å². The Morgan fingerprint density at radius 1 is 1.46 bits per heavy atom. The van der Waals surface area contributed by atoms with Crippen LogP contribution in [0.5, 0.6) is 0 Å². The molecule has 3 heterocycles. The molecule has 2 aromatic heterocycles. The maximum Gasteiger partial charge on any atom is 0.137 e. The zero-order valence-corrected chi connectivity index (χ0v) is 14.1.